The van der Waals surface area contributed by atoms with Crippen LogP contribution < -0.4 is 5.43 Å². The summed E-state index contributed by atoms with van der Waals surface area (Å²) in [6.07, 6.45) is 0. The predicted octanol–water partition coefficient (Wildman–Crippen LogP) is 3.12. The summed E-state index contributed by atoms with van der Waals surface area (Å²) in [5.41, 5.74) is 3.58. The summed E-state index contributed by atoms with van der Waals surface area (Å²) in [5.74, 6) is -0.310. The minimum atomic E-state index is -0.310. The van der Waals surface area contributed by atoms with Crippen molar-refractivity contribution in [3.05, 3.63) is 33.8 Å². The van der Waals surface area contributed by atoms with E-state index in [1.165, 1.54) is 6.07 Å². The van der Waals surface area contributed by atoms with Crippen LogP contribution in [0.1, 0.15) is 24.2 Å². The summed E-state index contributed by atoms with van der Waals surface area (Å²) in [6.45, 7) is 3.57. The van der Waals surface area contributed by atoms with Gasteiger partial charge in [0, 0.05) is 11.3 Å². The first kappa shape index (κ1) is 12.0. The Kier molecular flexibility index (Phi) is 4.12. The number of carbonyl (C=O) groups excluding carboxylic acids is 1. The summed E-state index contributed by atoms with van der Waals surface area (Å²) in [7, 11) is 0. The van der Waals surface area contributed by atoms with E-state index in [0.717, 1.165) is 5.71 Å². The van der Waals surface area contributed by atoms with E-state index in [9.17, 15) is 4.79 Å². The van der Waals surface area contributed by atoms with Crippen LogP contribution in [0.15, 0.2) is 23.3 Å². The third-order valence-corrected chi connectivity index (χ3v) is 2.30. The summed E-state index contributed by atoms with van der Waals surface area (Å²) in [6, 6.07) is 4.66. The molecule has 0 saturated carbocycles. The molecule has 15 heavy (non-hydrogen) atoms. The van der Waals surface area contributed by atoms with Gasteiger partial charge in [-0.05, 0) is 32.0 Å². The average Bonchev–Trinajstić information content (AvgIpc) is 2.18. The van der Waals surface area contributed by atoms with E-state index >= 15 is 0 Å². The molecule has 0 bridgehead atoms. The highest BCUT2D eigenvalue weighted by molar-refractivity contribution is 6.42. The normalized spacial score (nSPS) is 9.60. The lowest BCUT2D eigenvalue weighted by atomic mass is 10.2. The monoisotopic (exact) mass is 244 g/mol. The lowest BCUT2D eigenvalue weighted by Crippen LogP contribution is -2.18. The Morgan fingerprint density at radius 1 is 1.27 bits per heavy atom. The highest BCUT2D eigenvalue weighted by Gasteiger charge is 2.06. The van der Waals surface area contributed by atoms with E-state index in [1.54, 1.807) is 26.0 Å². The molecule has 0 unspecified atom stereocenters. The number of carbonyl (C=O) groups is 1. The maximum Gasteiger partial charge on any atom is 0.271 e. The van der Waals surface area contributed by atoms with Crippen LogP contribution in [0.3, 0.4) is 0 Å². The summed E-state index contributed by atoms with van der Waals surface area (Å²) < 4.78 is 0. The van der Waals surface area contributed by atoms with Crippen LogP contribution in [-0.2, 0) is 0 Å². The number of benzene rings is 1. The third kappa shape index (κ3) is 3.53. The number of halogens is 2. The van der Waals surface area contributed by atoms with Crippen molar-refractivity contribution in [1.82, 2.24) is 5.43 Å². The number of hydrogen-bond acceptors (Lipinski definition) is 2. The molecule has 0 spiro atoms. The van der Waals surface area contributed by atoms with Gasteiger partial charge in [-0.1, -0.05) is 23.2 Å². The molecule has 1 aromatic rings. The fourth-order valence-corrected chi connectivity index (χ4v) is 1.16. The molecule has 0 saturated heterocycles. The third-order valence-electron chi connectivity index (χ3n) is 1.56. The van der Waals surface area contributed by atoms with Crippen LogP contribution in [0.4, 0.5) is 0 Å². The maximum atomic E-state index is 11.5. The van der Waals surface area contributed by atoms with Crippen molar-refractivity contribution in [3.63, 3.8) is 0 Å². The lowest BCUT2D eigenvalue weighted by Gasteiger charge is -2.01. The molecule has 80 valence electrons. The van der Waals surface area contributed by atoms with Crippen LogP contribution in [0, 0.1) is 0 Å². The van der Waals surface area contributed by atoms with Gasteiger partial charge in [0.1, 0.15) is 0 Å². The second-order valence-corrected chi connectivity index (χ2v) is 3.94. The fraction of sp³-hybridized carbons (Fsp3) is 0.200. The zero-order chi connectivity index (χ0) is 11.4. The molecule has 1 amide bonds. The van der Waals surface area contributed by atoms with Crippen molar-refractivity contribution in [2.45, 2.75) is 13.8 Å². The van der Waals surface area contributed by atoms with Crippen LogP contribution in [0.2, 0.25) is 10.0 Å². The second-order valence-electron chi connectivity index (χ2n) is 3.13. The zero-order valence-electron chi connectivity index (χ0n) is 8.34. The molecular weight excluding hydrogens is 235 g/mol. The first-order valence-corrected chi connectivity index (χ1v) is 5.02. The largest absolute Gasteiger partial charge is 0.271 e. The topological polar surface area (TPSA) is 41.5 Å². The van der Waals surface area contributed by atoms with E-state index in [0.29, 0.717) is 15.6 Å². The number of amides is 1. The molecule has 0 radical (unpaired) electrons. The van der Waals surface area contributed by atoms with Crippen LogP contribution in [-0.4, -0.2) is 11.6 Å². The Bertz CT molecular complexity index is 412. The lowest BCUT2D eigenvalue weighted by molar-refractivity contribution is 0.0955. The first-order valence-electron chi connectivity index (χ1n) is 4.27. The SMILES string of the molecule is CC(C)=NNC(=O)c1ccc(Cl)c(Cl)c1. The summed E-state index contributed by atoms with van der Waals surface area (Å²) in [5, 5.41) is 4.56. The van der Waals surface area contributed by atoms with Crippen molar-refractivity contribution >= 4 is 34.8 Å². The van der Waals surface area contributed by atoms with Crippen LogP contribution >= 0.6 is 23.2 Å². The highest BCUT2D eigenvalue weighted by Crippen LogP contribution is 2.22. The molecule has 0 heterocycles. The molecule has 0 atom stereocenters. The van der Waals surface area contributed by atoms with Gasteiger partial charge >= 0.3 is 0 Å². The van der Waals surface area contributed by atoms with E-state index in [1.807, 2.05) is 0 Å². The minimum absolute atomic E-state index is 0.310. The van der Waals surface area contributed by atoms with Crippen LogP contribution in [0.25, 0.3) is 0 Å². The molecular formula is C10H10Cl2N2O. The smallest absolute Gasteiger partial charge is 0.267 e. The van der Waals surface area contributed by atoms with Gasteiger partial charge in [-0.25, -0.2) is 5.43 Å². The summed E-state index contributed by atoms with van der Waals surface area (Å²) in [4.78, 5) is 11.5. The number of hydrogen-bond donors (Lipinski definition) is 1. The Morgan fingerprint density at radius 3 is 2.47 bits per heavy atom. The van der Waals surface area contributed by atoms with Crippen molar-refractivity contribution in [3.8, 4) is 0 Å². The van der Waals surface area contributed by atoms with Gasteiger partial charge in [0.2, 0.25) is 0 Å². The van der Waals surface area contributed by atoms with Crippen LogP contribution in [0.5, 0.6) is 0 Å². The molecule has 1 aromatic carbocycles. The highest BCUT2D eigenvalue weighted by atomic mass is 35.5. The Balaban J connectivity index is 2.83. The molecule has 0 aliphatic heterocycles. The molecule has 0 aromatic heterocycles. The molecule has 1 N–H and O–H groups in total. The molecule has 0 aliphatic carbocycles. The van der Waals surface area contributed by atoms with E-state index in [-0.39, 0.29) is 5.91 Å². The average molecular weight is 245 g/mol. The van der Waals surface area contributed by atoms with Gasteiger partial charge in [-0.2, -0.15) is 5.10 Å². The van der Waals surface area contributed by atoms with Gasteiger partial charge in [0.15, 0.2) is 0 Å². The van der Waals surface area contributed by atoms with E-state index < -0.39 is 0 Å². The molecule has 3 nitrogen and oxygen atoms in total. The van der Waals surface area contributed by atoms with Gasteiger partial charge in [-0.3, -0.25) is 4.79 Å². The number of nitrogens with one attached hydrogen (secondary N) is 1. The zero-order valence-corrected chi connectivity index (χ0v) is 9.86. The van der Waals surface area contributed by atoms with E-state index in [4.69, 9.17) is 23.2 Å². The molecule has 5 heteroatoms. The summed E-state index contributed by atoms with van der Waals surface area (Å²) >= 11 is 11.5. The predicted molar refractivity (Wildman–Crippen MR) is 62.7 cm³/mol. The molecule has 0 aliphatic rings. The van der Waals surface area contributed by atoms with E-state index in [2.05, 4.69) is 10.5 Å². The first-order chi connectivity index (χ1) is 7.00. The van der Waals surface area contributed by atoms with Crippen molar-refractivity contribution < 1.29 is 4.79 Å². The van der Waals surface area contributed by atoms with Crippen molar-refractivity contribution in [2.75, 3.05) is 0 Å². The quantitative estimate of drug-likeness (QED) is 0.631. The number of rotatable bonds is 2. The minimum Gasteiger partial charge on any atom is -0.267 e. The van der Waals surface area contributed by atoms with Crippen molar-refractivity contribution in [2.24, 2.45) is 5.10 Å². The molecule has 1 rings (SSSR count). The standard InChI is InChI=1S/C10H10Cl2N2O/c1-6(2)13-14-10(15)7-3-4-8(11)9(12)5-7/h3-5H,1-2H3,(H,14,15). The van der Waals surface area contributed by atoms with Gasteiger partial charge in [0.25, 0.3) is 5.91 Å². The number of nitrogens with zero attached hydrogens (tertiary/aromatic N) is 1. The second kappa shape index (κ2) is 5.14. The Hall–Kier alpha value is -1.06. The Labute approximate surface area is 98.1 Å². The van der Waals surface area contributed by atoms with Gasteiger partial charge in [-0.15, -0.1) is 0 Å². The number of hydrazone groups is 1. The van der Waals surface area contributed by atoms with Gasteiger partial charge in [0.05, 0.1) is 10.0 Å². The van der Waals surface area contributed by atoms with Gasteiger partial charge < -0.3 is 0 Å². The van der Waals surface area contributed by atoms with Crippen molar-refractivity contribution in [1.29, 1.82) is 0 Å². The maximum absolute atomic E-state index is 11.5. The Morgan fingerprint density at radius 2 is 1.93 bits per heavy atom. The molecule has 0 fully saturated rings. The fourth-order valence-electron chi connectivity index (χ4n) is 0.864.